The van der Waals surface area contributed by atoms with Crippen LogP contribution < -0.4 is 10.6 Å². The molecule has 0 spiro atoms. The highest BCUT2D eigenvalue weighted by Gasteiger charge is 2.07. The first kappa shape index (κ1) is 17.2. The quantitative estimate of drug-likeness (QED) is 0.650. The topological polar surface area (TPSA) is 54.0 Å². The van der Waals surface area contributed by atoms with Crippen LogP contribution in [0.25, 0.3) is 0 Å². The highest BCUT2D eigenvalue weighted by Crippen LogP contribution is 2.18. The molecule has 126 valence electrons. The number of benzene rings is 2. The molecule has 0 saturated carbocycles. The third-order valence-electron chi connectivity index (χ3n) is 3.70. The summed E-state index contributed by atoms with van der Waals surface area (Å²) < 4.78 is 1.02. The van der Waals surface area contributed by atoms with Crippen LogP contribution in [0.15, 0.2) is 71.3 Å². The van der Waals surface area contributed by atoms with Crippen LogP contribution in [0.5, 0.6) is 0 Å². The Morgan fingerprint density at radius 1 is 0.960 bits per heavy atom. The van der Waals surface area contributed by atoms with Crippen molar-refractivity contribution in [3.8, 4) is 0 Å². The summed E-state index contributed by atoms with van der Waals surface area (Å²) in [6.07, 6.45) is 1.66. The lowest BCUT2D eigenvalue weighted by Crippen LogP contribution is -2.23. The van der Waals surface area contributed by atoms with E-state index >= 15 is 0 Å². The van der Waals surface area contributed by atoms with Gasteiger partial charge in [0.05, 0.1) is 11.9 Å². The molecule has 1 heterocycles. The number of nitrogens with zero attached hydrogens (tertiary/aromatic N) is 1. The molecule has 1 amide bonds. The first-order valence-electron chi connectivity index (χ1n) is 7.92. The minimum Gasteiger partial charge on any atom is -0.354 e. The monoisotopic (exact) mass is 395 g/mol. The molecule has 0 aliphatic carbocycles. The number of nitrogens with one attached hydrogen (secondary N) is 2. The van der Waals surface area contributed by atoms with Gasteiger partial charge in [0.1, 0.15) is 5.69 Å². The van der Waals surface area contributed by atoms with Gasteiger partial charge in [0, 0.05) is 16.7 Å². The molecule has 0 atom stereocenters. The fourth-order valence-electron chi connectivity index (χ4n) is 2.28. The molecular weight excluding hydrogens is 378 g/mol. The number of hydrogen-bond donors (Lipinski definition) is 2. The Balaban J connectivity index is 1.58. The fraction of sp³-hybridized carbons (Fsp3) is 0.100. The lowest BCUT2D eigenvalue weighted by Gasteiger charge is -2.08. The van der Waals surface area contributed by atoms with Crippen LogP contribution >= 0.6 is 15.9 Å². The van der Waals surface area contributed by atoms with Gasteiger partial charge in [0.25, 0.3) is 5.91 Å². The van der Waals surface area contributed by atoms with Crippen molar-refractivity contribution < 1.29 is 4.79 Å². The molecule has 2 aromatic carbocycles. The second-order valence-corrected chi connectivity index (χ2v) is 6.65. The number of aromatic nitrogens is 1. The summed E-state index contributed by atoms with van der Waals surface area (Å²) in [5, 5.41) is 6.13. The van der Waals surface area contributed by atoms with Crippen LogP contribution in [0.3, 0.4) is 0 Å². The molecule has 1 aromatic heterocycles. The van der Waals surface area contributed by atoms with E-state index in [1.54, 1.807) is 12.3 Å². The molecule has 0 saturated heterocycles. The molecule has 0 fully saturated rings. The van der Waals surface area contributed by atoms with Crippen molar-refractivity contribution in [2.24, 2.45) is 0 Å². The lowest BCUT2D eigenvalue weighted by molar-refractivity contribution is 0.0946. The molecule has 5 heteroatoms. The standard InChI is InChI=1S/C20H18BrN3O/c1-14-2-4-15(5-3-14)12-23-20(25)19-11-10-18(13-22-19)24-17-8-6-16(21)7-9-17/h2-11,13,24H,12H2,1H3,(H,23,25). The van der Waals surface area contributed by atoms with Gasteiger partial charge in [-0.15, -0.1) is 0 Å². The van der Waals surface area contributed by atoms with Crippen molar-refractivity contribution in [1.29, 1.82) is 0 Å². The van der Waals surface area contributed by atoms with Gasteiger partial charge < -0.3 is 10.6 Å². The SMILES string of the molecule is Cc1ccc(CNC(=O)c2ccc(Nc3ccc(Br)cc3)cn2)cc1. The van der Waals surface area contributed by atoms with Crippen LogP contribution in [-0.2, 0) is 6.54 Å². The predicted molar refractivity (Wildman–Crippen MR) is 104 cm³/mol. The van der Waals surface area contributed by atoms with E-state index < -0.39 is 0 Å². The van der Waals surface area contributed by atoms with Gasteiger partial charge in [-0.05, 0) is 48.9 Å². The second kappa shape index (κ2) is 7.94. The summed E-state index contributed by atoms with van der Waals surface area (Å²) in [5.74, 6) is -0.184. The summed E-state index contributed by atoms with van der Waals surface area (Å²) in [5.41, 5.74) is 4.45. The zero-order chi connectivity index (χ0) is 17.6. The maximum absolute atomic E-state index is 12.2. The lowest BCUT2D eigenvalue weighted by atomic mass is 10.1. The molecule has 25 heavy (non-hydrogen) atoms. The number of aryl methyl sites for hydroxylation is 1. The summed E-state index contributed by atoms with van der Waals surface area (Å²) in [6.45, 7) is 2.52. The molecule has 2 N–H and O–H groups in total. The van der Waals surface area contributed by atoms with Gasteiger partial charge in [-0.3, -0.25) is 4.79 Å². The molecule has 0 radical (unpaired) electrons. The van der Waals surface area contributed by atoms with Crippen molar-refractivity contribution >= 4 is 33.2 Å². The molecule has 3 rings (SSSR count). The van der Waals surface area contributed by atoms with Gasteiger partial charge in [-0.2, -0.15) is 0 Å². The van der Waals surface area contributed by atoms with Gasteiger partial charge in [-0.1, -0.05) is 45.8 Å². The van der Waals surface area contributed by atoms with E-state index in [-0.39, 0.29) is 5.91 Å². The van der Waals surface area contributed by atoms with Crippen LogP contribution in [0.1, 0.15) is 21.6 Å². The normalized spacial score (nSPS) is 10.3. The first-order chi connectivity index (χ1) is 12.1. The average molecular weight is 396 g/mol. The van der Waals surface area contributed by atoms with Crippen LogP contribution in [0, 0.1) is 6.92 Å². The number of anilines is 2. The smallest absolute Gasteiger partial charge is 0.270 e. The van der Waals surface area contributed by atoms with Gasteiger partial charge in [-0.25, -0.2) is 4.98 Å². The highest BCUT2D eigenvalue weighted by molar-refractivity contribution is 9.10. The maximum atomic E-state index is 12.2. The van der Waals surface area contributed by atoms with Crippen molar-refractivity contribution in [2.45, 2.75) is 13.5 Å². The number of pyridine rings is 1. The van der Waals surface area contributed by atoms with E-state index in [1.165, 1.54) is 5.56 Å². The highest BCUT2D eigenvalue weighted by atomic mass is 79.9. The zero-order valence-electron chi connectivity index (χ0n) is 13.8. The van der Waals surface area contributed by atoms with Gasteiger partial charge in [0.15, 0.2) is 0 Å². The van der Waals surface area contributed by atoms with Gasteiger partial charge >= 0.3 is 0 Å². The zero-order valence-corrected chi connectivity index (χ0v) is 15.4. The molecule has 0 unspecified atom stereocenters. The fourth-order valence-corrected chi connectivity index (χ4v) is 2.55. The maximum Gasteiger partial charge on any atom is 0.270 e. The predicted octanol–water partition coefficient (Wildman–Crippen LogP) is 4.83. The van der Waals surface area contributed by atoms with E-state index in [4.69, 9.17) is 0 Å². The molecule has 0 aliphatic rings. The number of hydrogen-bond acceptors (Lipinski definition) is 3. The van der Waals surface area contributed by atoms with Crippen molar-refractivity contribution in [3.63, 3.8) is 0 Å². The van der Waals surface area contributed by atoms with E-state index in [0.717, 1.165) is 21.4 Å². The van der Waals surface area contributed by atoms with Crippen molar-refractivity contribution in [1.82, 2.24) is 10.3 Å². The number of amides is 1. The summed E-state index contributed by atoms with van der Waals surface area (Å²) in [7, 11) is 0. The van der Waals surface area contributed by atoms with Crippen molar-refractivity contribution in [2.75, 3.05) is 5.32 Å². The third kappa shape index (κ3) is 4.90. The van der Waals surface area contributed by atoms with Crippen LogP contribution in [0.2, 0.25) is 0 Å². The van der Waals surface area contributed by atoms with Crippen LogP contribution in [-0.4, -0.2) is 10.9 Å². The van der Waals surface area contributed by atoms with E-state index in [0.29, 0.717) is 12.2 Å². The summed E-state index contributed by atoms with van der Waals surface area (Å²) >= 11 is 3.41. The largest absolute Gasteiger partial charge is 0.354 e. The van der Waals surface area contributed by atoms with Crippen molar-refractivity contribution in [3.05, 3.63) is 88.2 Å². The number of carbonyl (C=O) groups is 1. The molecule has 0 aliphatic heterocycles. The Labute approximate surface area is 155 Å². The Morgan fingerprint density at radius 2 is 1.64 bits per heavy atom. The Morgan fingerprint density at radius 3 is 2.28 bits per heavy atom. The Hall–Kier alpha value is -2.66. The molecule has 3 aromatic rings. The van der Waals surface area contributed by atoms with Gasteiger partial charge in [0.2, 0.25) is 0 Å². The third-order valence-corrected chi connectivity index (χ3v) is 4.23. The number of rotatable bonds is 5. The summed E-state index contributed by atoms with van der Waals surface area (Å²) in [6, 6.07) is 19.5. The molecular formula is C20H18BrN3O. The van der Waals surface area contributed by atoms with E-state index in [9.17, 15) is 4.79 Å². The second-order valence-electron chi connectivity index (χ2n) is 5.73. The Bertz CT molecular complexity index is 844. The molecule has 4 nitrogen and oxygen atoms in total. The first-order valence-corrected chi connectivity index (χ1v) is 8.72. The minimum atomic E-state index is -0.184. The van der Waals surface area contributed by atoms with Crippen LogP contribution in [0.4, 0.5) is 11.4 Å². The number of halogens is 1. The van der Waals surface area contributed by atoms with E-state index in [2.05, 4.69) is 31.5 Å². The summed E-state index contributed by atoms with van der Waals surface area (Å²) in [4.78, 5) is 16.4. The Kier molecular flexibility index (Phi) is 5.46. The number of carbonyl (C=O) groups excluding carboxylic acids is 1. The molecule has 0 bridgehead atoms. The van der Waals surface area contributed by atoms with E-state index in [1.807, 2.05) is 61.5 Å². The minimum absolute atomic E-state index is 0.184. The average Bonchev–Trinajstić information content (AvgIpc) is 2.63.